The van der Waals surface area contributed by atoms with Crippen LogP contribution in [0.1, 0.15) is 40.0 Å². The number of rotatable bonds is 6. The van der Waals surface area contributed by atoms with Crippen molar-refractivity contribution in [1.82, 2.24) is 4.90 Å². The highest BCUT2D eigenvalue weighted by atomic mass is 16.5. The number of hydrogen-bond acceptors (Lipinski definition) is 3. The normalized spacial score (nSPS) is 23.6. The van der Waals surface area contributed by atoms with E-state index in [-0.39, 0.29) is 5.41 Å². The Hall–Kier alpha value is -0.120. The highest BCUT2D eigenvalue weighted by molar-refractivity contribution is 4.84. The van der Waals surface area contributed by atoms with E-state index in [0.29, 0.717) is 12.6 Å². The van der Waals surface area contributed by atoms with Gasteiger partial charge in [0.05, 0.1) is 13.2 Å². The van der Waals surface area contributed by atoms with E-state index in [9.17, 15) is 5.11 Å². The summed E-state index contributed by atoms with van der Waals surface area (Å²) in [4.78, 5) is 2.51. The lowest BCUT2D eigenvalue weighted by atomic mass is 9.82. The van der Waals surface area contributed by atoms with E-state index in [1.54, 1.807) is 0 Å². The maximum Gasteiger partial charge on any atom is 0.0622 e. The predicted molar refractivity (Wildman–Crippen MR) is 66.6 cm³/mol. The van der Waals surface area contributed by atoms with Crippen LogP contribution in [0.15, 0.2) is 0 Å². The third-order valence-corrected chi connectivity index (χ3v) is 4.19. The lowest BCUT2D eigenvalue weighted by molar-refractivity contribution is -0.0396. The van der Waals surface area contributed by atoms with Gasteiger partial charge in [0.1, 0.15) is 0 Å². The molecular formula is C13H27NO2. The highest BCUT2D eigenvalue weighted by Crippen LogP contribution is 2.28. The summed E-state index contributed by atoms with van der Waals surface area (Å²) in [5, 5.41) is 9.61. The SMILES string of the molecule is CCC1COCCN1CC(CC)(CC)CO. The Labute approximate surface area is 99.8 Å². The van der Waals surface area contributed by atoms with Crippen molar-refractivity contribution in [2.75, 3.05) is 32.9 Å². The zero-order valence-corrected chi connectivity index (χ0v) is 11.0. The molecule has 0 bridgehead atoms. The Bertz CT molecular complexity index is 184. The van der Waals surface area contributed by atoms with E-state index in [1.807, 2.05) is 0 Å². The van der Waals surface area contributed by atoms with Crippen LogP contribution in [-0.2, 0) is 4.74 Å². The lowest BCUT2D eigenvalue weighted by Gasteiger charge is -2.41. The maximum atomic E-state index is 9.61. The third kappa shape index (κ3) is 3.19. The molecule has 3 nitrogen and oxygen atoms in total. The molecule has 1 N–H and O–H groups in total. The topological polar surface area (TPSA) is 32.7 Å². The summed E-state index contributed by atoms with van der Waals surface area (Å²) < 4.78 is 5.51. The molecule has 1 aliphatic heterocycles. The van der Waals surface area contributed by atoms with Gasteiger partial charge in [-0.3, -0.25) is 4.90 Å². The van der Waals surface area contributed by atoms with Gasteiger partial charge in [-0.15, -0.1) is 0 Å². The van der Waals surface area contributed by atoms with Crippen molar-refractivity contribution in [3.63, 3.8) is 0 Å². The van der Waals surface area contributed by atoms with Gasteiger partial charge in [0.15, 0.2) is 0 Å². The van der Waals surface area contributed by atoms with Crippen LogP contribution in [0.2, 0.25) is 0 Å². The average molecular weight is 229 g/mol. The molecule has 0 aromatic heterocycles. The van der Waals surface area contributed by atoms with Crippen molar-refractivity contribution in [3.8, 4) is 0 Å². The molecular weight excluding hydrogens is 202 g/mol. The highest BCUT2D eigenvalue weighted by Gasteiger charge is 2.31. The zero-order valence-electron chi connectivity index (χ0n) is 11.0. The van der Waals surface area contributed by atoms with Crippen molar-refractivity contribution >= 4 is 0 Å². The van der Waals surface area contributed by atoms with Crippen molar-refractivity contribution < 1.29 is 9.84 Å². The van der Waals surface area contributed by atoms with Crippen LogP contribution in [0, 0.1) is 5.41 Å². The second-order valence-electron chi connectivity index (χ2n) is 4.97. The van der Waals surface area contributed by atoms with Gasteiger partial charge in [0, 0.05) is 31.2 Å². The molecule has 3 heteroatoms. The summed E-state index contributed by atoms with van der Waals surface area (Å²) in [6, 6.07) is 0.540. The molecule has 0 aliphatic carbocycles. The van der Waals surface area contributed by atoms with E-state index >= 15 is 0 Å². The zero-order chi connectivity index (χ0) is 12.0. The van der Waals surface area contributed by atoms with Gasteiger partial charge in [-0.1, -0.05) is 20.8 Å². The van der Waals surface area contributed by atoms with Crippen molar-refractivity contribution in [2.24, 2.45) is 5.41 Å². The Balaban J connectivity index is 2.61. The van der Waals surface area contributed by atoms with Crippen LogP contribution >= 0.6 is 0 Å². The predicted octanol–water partition coefficient (Wildman–Crippen LogP) is 1.90. The van der Waals surface area contributed by atoms with E-state index < -0.39 is 0 Å². The summed E-state index contributed by atoms with van der Waals surface area (Å²) in [6.07, 6.45) is 3.23. The Morgan fingerprint density at radius 3 is 2.50 bits per heavy atom. The third-order valence-electron chi connectivity index (χ3n) is 4.19. The monoisotopic (exact) mass is 229 g/mol. The summed E-state index contributed by atoms with van der Waals surface area (Å²) in [7, 11) is 0. The van der Waals surface area contributed by atoms with Crippen LogP contribution in [0.3, 0.4) is 0 Å². The molecule has 96 valence electrons. The molecule has 0 aromatic carbocycles. The van der Waals surface area contributed by atoms with Gasteiger partial charge in [0.2, 0.25) is 0 Å². The number of morpholine rings is 1. The smallest absolute Gasteiger partial charge is 0.0622 e. The largest absolute Gasteiger partial charge is 0.396 e. The first kappa shape index (κ1) is 13.9. The Kier molecular flexibility index (Phi) is 5.73. The van der Waals surface area contributed by atoms with Gasteiger partial charge in [-0.2, -0.15) is 0 Å². The molecule has 0 amide bonds. The minimum atomic E-state index is 0.0881. The van der Waals surface area contributed by atoms with Crippen molar-refractivity contribution in [3.05, 3.63) is 0 Å². The molecule has 1 heterocycles. The molecule has 1 atom stereocenters. The Morgan fingerprint density at radius 2 is 2.00 bits per heavy atom. The van der Waals surface area contributed by atoms with Gasteiger partial charge >= 0.3 is 0 Å². The molecule has 0 aromatic rings. The number of aliphatic hydroxyl groups is 1. The first-order chi connectivity index (χ1) is 7.71. The van der Waals surface area contributed by atoms with Crippen molar-refractivity contribution in [1.29, 1.82) is 0 Å². The summed E-state index contributed by atoms with van der Waals surface area (Å²) >= 11 is 0. The number of hydrogen-bond donors (Lipinski definition) is 1. The fourth-order valence-corrected chi connectivity index (χ4v) is 2.45. The van der Waals surface area contributed by atoms with Gasteiger partial charge in [-0.25, -0.2) is 0 Å². The second kappa shape index (κ2) is 6.58. The first-order valence-electron chi connectivity index (χ1n) is 6.64. The Morgan fingerprint density at radius 1 is 1.31 bits per heavy atom. The average Bonchev–Trinajstić information content (AvgIpc) is 2.36. The van der Waals surface area contributed by atoms with Crippen LogP contribution in [0.4, 0.5) is 0 Å². The molecule has 1 rings (SSSR count). The maximum absolute atomic E-state index is 9.61. The quantitative estimate of drug-likeness (QED) is 0.755. The number of aliphatic hydroxyl groups excluding tert-OH is 1. The summed E-state index contributed by atoms with van der Waals surface area (Å²) in [6.45, 7) is 10.6. The van der Waals surface area contributed by atoms with E-state index in [2.05, 4.69) is 25.7 Å². The van der Waals surface area contributed by atoms with E-state index in [1.165, 1.54) is 0 Å². The molecule has 1 unspecified atom stereocenters. The molecule has 1 saturated heterocycles. The minimum absolute atomic E-state index is 0.0881. The molecule has 16 heavy (non-hydrogen) atoms. The molecule has 0 saturated carbocycles. The van der Waals surface area contributed by atoms with Gasteiger partial charge in [-0.05, 0) is 19.3 Å². The van der Waals surface area contributed by atoms with E-state index in [4.69, 9.17) is 4.74 Å². The molecule has 0 radical (unpaired) electrons. The summed E-state index contributed by atoms with van der Waals surface area (Å²) in [5.74, 6) is 0. The molecule has 1 fully saturated rings. The van der Waals surface area contributed by atoms with Crippen LogP contribution in [0.5, 0.6) is 0 Å². The lowest BCUT2D eigenvalue weighted by Crippen LogP contribution is -2.50. The fraction of sp³-hybridized carbons (Fsp3) is 1.00. The first-order valence-corrected chi connectivity index (χ1v) is 6.64. The number of ether oxygens (including phenoxy) is 1. The second-order valence-corrected chi connectivity index (χ2v) is 4.97. The molecule has 0 spiro atoms. The van der Waals surface area contributed by atoms with Crippen LogP contribution in [0.25, 0.3) is 0 Å². The van der Waals surface area contributed by atoms with Crippen LogP contribution in [-0.4, -0.2) is 49.0 Å². The fourth-order valence-electron chi connectivity index (χ4n) is 2.45. The minimum Gasteiger partial charge on any atom is -0.396 e. The standard InChI is InChI=1S/C13H27NO2/c1-4-12-9-16-8-7-14(12)10-13(5-2,6-3)11-15/h12,15H,4-11H2,1-3H3. The van der Waals surface area contributed by atoms with Gasteiger partial charge in [0.25, 0.3) is 0 Å². The van der Waals surface area contributed by atoms with Crippen molar-refractivity contribution in [2.45, 2.75) is 46.1 Å². The van der Waals surface area contributed by atoms with Crippen LogP contribution < -0.4 is 0 Å². The number of nitrogens with zero attached hydrogens (tertiary/aromatic N) is 1. The molecule has 1 aliphatic rings. The van der Waals surface area contributed by atoms with Gasteiger partial charge < -0.3 is 9.84 Å². The van der Waals surface area contributed by atoms with E-state index in [0.717, 1.165) is 45.6 Å². The summed E-state index contributed by atoms with van der Waals surface area (Å²) in [5.41, 5.74) is 0.0881.